The molecule has 0 amide bonds. The van der Waals surface area contributed by atoms with E-state index in [1.54, 1.807) is 6.20 Å². The van der Waals surface area contributed by atoms with Crippen LogP contribution in [0.3, 0.4) is 0 Å². The van der Waals surface area contributed by atoms with E-state index in [9.17, 15) is 0 Å². The molecular weight excluding hydrogens is 244 g/mol. The molecule has 19 heavy (non-hydrogen) atoms. The molecule has 0 saturated carbocycles. The number of aromatic nitrogens is 1. The second-order valence-electron chi connectivity index (χ2n) is 4.76. The monoisotopic (exact) mass is 264 g/mol. The molecule has 2 unspecified atom stereocenters. The summed E-state index contributed by atoms with van der Waals surface area (Å²) in [5.74, 6) is 0.0222. The van der Waals surface area contributed by atoms with Gasteiger partial charge in [0.05, 0.1) is 6.10 Å². The topological polar surface area (TPSA) is 92.8 Å². The molecule has 1 saturated heterocycles. The molecule has 6 heteroatoms. The van der Waals surface area contributed by atoms with Crippen LogP contribution < -0.4 is 11.1 Å². The first-order chi connectivity index (χ1) is 9.20. The van der Waals surface area contributed by atoms with E-state index >= 15 is 0 Å². The summed E-state index contributed by atoms with van der Waals surface area (Å²) in [5.41, 5.74) is 7.04. The Morgan fingerprint density at radius 3 is 3.26 bits per heavy atom. The fourth-order valence-electron chi connectivity index (χ4n) is 2.18. The van der Waals surface area contributed by atoms with E-state index in [1.807, 2.05) is 12.1 Å². The van der Waals surface area contributed by atoms with Crippen LogP contribution in [-0.4, -0.2) is 34.8 Å². The molecule has 2 atom stereocenters. The quantitative estimate of drug-likeness (QED) is 0.317. The summed E-state index contributed by atoms with van der Waals surface area (Å²) in [4.78, 5) is 4.05. The smallest absolute Gasteiger partial charge is 0.188 e. The lowest BCUT2D eigenvalue weighted by molar-refractivity contribution is 0.0832. The van der Waals surface area contributed by atoms with E-state index < -0.39 is 0 Å². The fraction of sp³-hybridized carbons (Fsp3) is 0.538. The Morgan fingerprint density at radius 1 is 1.74 bits per heavy atom. The lowest BCUT2D eigenvalue weighted by Gasteiger charge is -2.20. The van der Waals surface area contributed by atoms with E-state index in [4.69, 9.17) is 15.7 Å². The van der Waals surface area contributed by atoms with Gasteiger partial charge in [-0.25, -0.2) is 0 Å². The first-order valence-electron chi connectivity index (χ1n) is 6.48. The van der Waals surface area contributed by atoms with E-state index in [0.717, 1.165) is 25.0 Å². The summed E-state index contributed by atoms with van der Waals surface area (Å²) in [7, 11) is 0. The van der Waals surface area contributed by atoms with E-state index in [1.165, 1.54) is 0 Å². The second kappa shape index (κ2) is 6.49. The SMILES string of the molecule is CC(NCc1ccnc(C(N)=NO)c1)C1CCCO1. The Hall–Kier alpha value is -1.66. The maximum atomic E-state index is 8.63. The van der Waals surface area contributed by atoms with Crippen molar-refractivity contribution in [1.82, 2.24) is 10.3 Å². The Labute approximate surface area is 112 Å². The minimum absolute atomic E-state index is 0.0222. The van der Waals surface area contributed by atoms with Crippen LogP contribution in [0.25, 0.3) is 0 Å². The van der Waals surface area contributed by atoms with Crippen molar-refractivity contribution < 1.29 is 9.94 Å². The van der Waals surface area contributed by atoms with Crippen molar-refractivity contribution in [3.8, 4) is 0 Å². The van der Waals surface area contributed by atoms with Gasteiger partial charge in [-0.2, -0.15) is 0 Å². The lowest BCUT2D eigenvalue weighted by atomic mass is 10.1. The molecule has 0 radical (unpaired) electrons. The van der Waals surface area contributed by atoms with Crippen LogP contribution in [0.1, 0.15) is 31.0 Å². The zero-order valence-electron chi connectivity index (χ0n) is 11.0. The molecule has 0 spiro atoms. The molecule has 6 nitrogen and oxygen atoms in total. The maximum absolute atomic E-state index is 8.63. The van der Waals surface area contributed by atoms with E-state index in [2.05, 4.69) is 22.4 Å². The number of oxime groups is 1. The molecule has 0 aromatic carbocycles. The van der Waals surface area contributed by atoms with Crippen LogP contribution in [0.15, 0.2) is 23.5 Å². The Kier molecular flexibility index (Phi) is 4.70. The number of nitrogens with two attached hydrogens (primary N) is 1. The third kappa shape index (κ3) is 3.65. The number of hydrogen-bond donors (Lipinski definition) is 3. The van der Waals surface area contributed by atoms with E-state index in [0.29, 0.717) is 24.4 Å². The fourth-order valence-corrected chi connectivity index (χ4v) is 2.18. The third-order valence-corrected chi connectivity index (χ3v) is 3.35. The number of pyridine rings is 1. The molecule has 4 N–H and O–H groups in total. The van der Waals surface area contributed by atoms with Gasteiger partial charge in [-0.15, -0.1) is 0 Å². The standard InChI is InChI=1S/C13H20N4O2/c1-9(12-3-2-6-19-12)16-8-10-4-5-15-11(7-10)13(14)17-18/h4-5,7,9,12,16,18H,2-3,6,8H2,1H3,(H2,14,17). The maximum Gasteiger partial charge on any atom is 0.188 e. The van der Waals surface area contributed by atoms with Crippen LogP contribution in [0.5, 0.6) is 0 Å². The predicted molar refractivity (Wildman–Crippen MR) is 72.0 cm³/mol. The summed E-state index contributed by atoms with van der Waals surface area (Å²) in [6, 6.07) is 4.02. The lowest BCUT2D eigenvalue weighted by Crippen LogP contribution is -2.36. The first-order valence-corrected chi connectivity index (χ1v) is 6.48. The van der Waals surface area contributed by atoms with Crippen LogP contribution in [0, 0.1) is 0 Å². The van der Waals surface area contributed by atoms with Gasteiger partial charge in [0.2, 0.25) is 0 Å². The van der Waals surface area contributed by atoms with Gasteiger partial charge in [-0.05, 0) is 37.5 Å². The van der Waals surface area contributed by atoms with Gasteiger partial charge in [0.15, 0.2) is 5.84 Å². The highest BCUT2D eigenvalue weighted by Crippen LogP contribution is 2.15. The van der Waals surface area contributed by atoms with Crippen LogP contribution in [0.4, 0.5) is 0 Å². The van der Waals surface area contributed by atoms with Crippen molar-refractivity contribution in [3.05, 3.63) is 29.6 Å². The van der Waals surface area contributed by atoms with Crippen LogP contribution in [0.2, 0.25) is 0 Å². The van der Waals surface area contributed by atoms with Crippen molar-refractivity contribution in [1.29, 1.82) is 0 Å². The zero-order valence-corrected chi connectivity index (χ0v) is 11.0. The van der Waals surface area contributed by atoms with Crippen molar-refractivity contribution in [2.75, 3.05) is 6.61 Å². The van der Waals surface area contributed by atoms with Gasteiger partial charge in [0.1, 0.15) is 5.69 Å². The van der Waals surface area contributed by atoms with Crippen molar-refractivity contribution in [2.24, 2.45) is 10.9 Å². The molecule has 104 valence electrons. The van der Waals surface area contributed by atoms with Gasteiger partial charge in [-0.3, -0.25) is 4.98 Å². The zero-order chi connectivity index (χ0) is 13.7. The van der Waals surface area contributed by atoms with Crippen molar-refractivity contribution in [2.45, 2.75) is 38.5 Å². The summed E-state index contributed by atoms with van der Waals surface area (Å²) >= 11 is 0. The highest BCUT2D eigenvalue weighted by atomic mass is 16.5. The molecule has 2 rings (SSSR count). The van der Waals surface area contributed by atoms with Crippen molar-refractivity contribution >= 4 is 5.84 Å². The molecule has 1 aromatic heterocycles. The first kappa shape index (κ1) is 13.8. The minimum Gasteiger partial charge on any atom is -0.409 e. The third-order valence-electron chi connectivity index (χ3n) is 3.35. The van der Waals surface area contributed by atoms with Crippen molar-refractivity contribution in [3.63, 3.8) is 0 Å². The number of hydrogen-bond acceptors (Lipinski definition) is 5. The Morgan fingerprint density at radius 2 is 2.58 bits per heavy atom. The Bertz CT molecular complexity index is 444. The molecule has 0 aliphatic carbocycles. The summed E-state index contributed by atoms with van der Waals surface area (Å²) in [5, 5.41) is 15.0. The summed E-state index contributed by atoms with van der Waals surface area (Å²) in [6.07, 6.45) is 4.20. The Balaban J connectivity index is 1.92. The van der Waals surface area contributed by atoms with Gasteiger partial charge in [0, 0.05) is 25.4 Å². The number of ether oxygens (including phenoxy) is 1. The van der Waals surface area contributed by atoms with Gasteiger partial charge < -0.3 is 21.0 Å². The normalized spacial score (nSPS) is 21.5. The minimum atomic E-state index is 0.0222. The predicted octanol–water partition coefficient (Wildman–Crippen LogP) is 0.833. The number of nitrogens with zero attached hydrogens (tertiary/aromatic N) is 2. The summed E-state index contributed by atoms with van der Waals surface area (Å²) < 4.78 is 5.64. The molecular formula is C13H20N4O2. The van der Waals surface area contributed by atoms with Crippen LogP contribution >= 0.6 is 0 Å². The van der Waals surface area contributed by atoms with Crippen LogP contribution in [-0.2, 0) is 11.3 Å². The molecule has 1 fully saturated rings. The largest absolute Gasteiger partial charge is 0.409 e. The molecule has 1 aromatic rings. The summed E-state index contributed by atoms with van der Waals surface area (Å²) in [6.45, 7) is 3.69. The average Bonchev–Trinajstić information content (AvgIpc) is 2.98. The molecule has 1 aliphatic rings. The van der Waals surface area contributed by atoms with Gasteiger partial charge in [0.25, 0.3) is 0 Å². The van der Waals surface area contributed by atoms with Gasteiger partial charge >= 0.3 is 0 Å². The highest BCUT2D eigenvalue weighted by Gasteiger charge is 2.21. The molecule has 2 heterocycles. The van der Waals surface area contributed by atoms with Gasteiger partial charge in [-0.1, -0.05) is 5.16 Å². The number of nitrogens with one attached hydrogen (secondary N) is 1. The molecule has 1 aliphatic heterocycles. The highest BCUT2D eigenvalue weighted by molar-refractivity contribution is 5.95. The number of amidine groups is 1. The number of rotatable bonds is 5. The molecule has 0 bridgehead atoms. The van der Waals surface area contributed by atoms with E-state index in [-0.39, 0.29) is 5.84 Å². The average molecular weight is 264 g/mol. The second-order valence-corrected chi connectivity index (χ2v) is 4.76.